The summed E-state index contributed by atoms with van der Waals surface area (Å²) in [5.74, 6) is -1.09. The van der Waals surface area contributed by atoms with Crippen molar-refractivity contribution in [3.05, 3.63) is 34.7 Å². The molecule has 1 N–H and O–H groups in total. The summed E-state index contributed by atoms with van der Waals surface area (Å²) in [7, 11) is 0. The lowest BCUT2D eigenvalue weighted by atomic mass is 10.1. The summed E-state index contributed by atoms with van der Waals surface area (Å²) in [6.07, 6.45) is 2.23. The van der Waals surface area contributed by atoms with E-state index in [2.05, 4.69) is 10.3 Å². The molecule has 23 heavy (non-hydrogen) atoms. The van der Waals surface area contributed by atoms with Crippen molar-refractivity contribution in [2.24, 2.45) is 0 Å². The van der Waals surface area contributed by atoms with Gasteiger partial charge in [0.05, 0.1) is 11.8 Å². The Balaban J connectivity index is 1.80. The van der Waals surface area contributed by atoms with Crippen LogP contribution >= 0.6 is 11.3 Å². The molecule has 2 heterocycles. The van der Waals surface area contributed by atoms with Crippen molar-refractivity contribution in [3.63, 3.8) is 0 Å². The lowest BCUT2D eigenvalue weighted by molar-refractivity contribution is -0.304. The topological polar surface area (TPSA) is 74.3 Å². The molecule has 0 spiro atoms. The number of carboxylic acids is 1. The molecule has 0 bridgehead atoms. The van der Waals surface area contributed by atoms with Crippen LogP contribution in [0.15, 0.2) is 24.3 Å². The van der Waals surface area contributed by atoms with Gasteiger partial charge in [0.15, 0.2) is 5.13 Å². The van der Waals surface area contributed by atoms with Crippen LogP contribution in [0.5, 0.6) is 0 Å². The van der Waals surface area contributed by atoms with Crippen LogP contribution in [0.25, 0.3) is 11.3 Å². The van der Waals surface area contributed by atoms with Gasteiger partial charge in [-0.2, -0.15) is 0 Å². The number of ether oxygens (including phenoxy) is 1. The minimum absolute atomic E-state index is 0.123. The highest BCUT2D eigenvalue weighted by molar-refractivity contribution is 7.16. The fraction of sp³-hybridized carbons (Fsp3) is 0.412. The van der Waals surface area contributed by atoms with Crippen molar-refractivity contribution in [1.82, 2.24) is 4.98 Å². The number of carboxylic acid groups (broad SMARTS) is 1. The van der Waals surface area contributed by atoms with E-state index in [4.69, 9.17) is 4.74 Å². The van der Waals surface area contributed by atoms with Crippen molar-refractivity contribution in [3.8, 4) is 11.3 Å². The fourth-order valence-corrected chi connectivity index (χ4v) is 3.60. The number of thiazole rings is 1. The SMILES string of the molecule is Cc1ccc(-c2nc(NC[C@@H]3CCCO3)sc2CC(=O)[O-])cc1. The number of aromatic nitrogens is 1. The normalized spacial score (nSPS) is 17.3. The zero-order chi connectivity index (χ0) is 16.2. The van der Waals surface area contributed by atoms with Crippen LogP contribution in [0.1, 0.15) is 23.3 Å². The molecule has 6 heteroatoms. The van der Waals surface area contributed by atoms with E-state index in [9.17, 15) is 9.90 Å². The third-order valence-corrected chi connectivity index (χ3v) is 4.85. The standard InChI is InChI=1S/C17H20N2O3S/c1-11-4-6-12(7-5-11)16-14(9-15(20)21)23-17(19-16)18-10-13-3-2-8-22-13/h4-7,13H,2-3,8-10H2,1H3,(H,18,19)(H,20,21)/p-1/t13-/m0/s1. The van der Waals surface area contributed by atoms with Crippen molar-refractivity contribution < 1.29 is 14.6 Å². The molecule has 2 aromatic rings. The molecule has 0 aliphatic carbocycles. The molecule has 0 amide bonds. The average molecular weight is 331 g/mol. The number of hydrogen-bond acceptors (Lipinski definition) is 6. The molecule has 1 atom stereocenters. The molecule has 1 aliphatic rings. The zero-order valence-electron chi connectivity index (χ0n) is 13.0. The summed E-state index contributed by atoms with van der Waals surface area (Å²) in [4.78, 5) is 16.3. The molecule has 1 fully saturated rings. The van der Waals surface area contributed by atoms with E-state index in [0.717, 1.165) is 35.7 Å². The van der Waals surface area contributed by atoms with Gasteiger partial charge in [0.2, 0.25) is 0 Å². The van der Waals surface area contributed by atoms with Crippen LogP contribution in [0.3, 0.4) is 0 Å². The summed E-state index contributed by atoms with van der Waals surface area (Å²) >= 11 is 1.37. The first-order chi connectivity index (χ1) is 11.1. The number of carbonyl (C=O) groups excluding carboxylic acids is 1. The molecule has 1 aliphatic heterocycles. The van der Waals surface area contributed by atoms with E-state index in [-0.39, 0.29) is 12.5 Å². The van der Waals surface area contributed by atoms with Gasteiger partial charge in [0.25, 0.3) is 0 Å². The van der Waals surface area contributed by atoms with E-state index in [1.807, 2.05) is 31.2 Å². The Morgan fingerprint density at radius 2 is 2.22 bits per heavy atom. The van der Waals surface area contributed by atoms with Crippen molar-refractivity contribution >= 4 is 22.4 Å². The Kier molecular flexibility index (Phi) is 4.93. The number of rotatable bonds is 6. The minimum Gasteiger partial charge on any atom is -0.550 e. The van der Waals surface area contributed by atoms with Gasteiger partial charge < -0.3 is 20.0 Å². The second-order valence-corrected chi connectivity index (χ2v) is 6.81. The second kappa shape index (κ2) is 7.10. The van der Waals surface area contributed by atoms with Gasteiger partial charge in [-0.15, -0.1) is 11.3 Å². The van der Waals surface area contributed by atoms with Crippen molar-refractivity contribution in [2.75, 3.05) is 18.5 Å². The van der Waals surface area contributed by atoms with E-state index in [1.165, 1.54) is 11.3 Å². The summed E-state index contributed by atoms with van der Waals surface area (Å²) in [5, 5.41) is 15.0. The van der Waals surface area contributed by atoms with Gasteiger partial charge in [-0.05, 0) is 19.8 Å². The highest BCUT2D eigenvalue weighted by atomic mass is 32.1. The number of hydrogen-bond donors (Lipinski definition) is 1. The van der Waals surface area contributed by atoms with Crippen LogP contribution in [-0.2, 0) is 16.0 Å². The Bertz CT molecular complexity index is 676. The number of aryl methyl sites for hydroxylation is 1. The van der Waals surface area contributed by atoms with Crippen molar-refractivity contribution in [2.45, 2.75) is 32.3 Å². The molecule has 1 aromatic carbocycles. The van der Waals surface area contributed by atoms with Crippen LogP contribution in [0.2, 0.25) is 0 Å². The first kappa shape index (κ1) is 16.0. The number of nitrogens with one attached hydrogen (secondary N) is 1. The molecule has 5 nitrogen and oxygen atoms in total. The average Bonchev–Trinajstić information content (AvgIpc) is 3.15. The molecule has 1 aromatic heterocycles. The summed E-state index contributed by atoms with van der Waals surface area (Å²) in [6.45, 7) is 3.53. The predicted molar refractivity (Wildman–Crippen MR) is 88.5 cm³/mol. The molecular weight excluding hydrogens is 312 g/mol. The largest absolute Gasteiger partial charge is 0.550 e. The molecule has 0 radical (unpaired) electrons. The first-order valence-corrected chi connectivity index (χ1v) is 8.55. The lowest BCUT2D eigenvalue weighted by Crippen LogP contribution is -2.24. The highest BCUT2D eigenvalue weighted by Crippen LogP contribution is 2.32. The highest BCUT2D eigenvalue weighted by Gasteiger charge is 2.17. The van der Waals surface area contributed by atoms with Gasteiger partial charge in [-0.1, -0.05) is 29.8 Å². The Morgan fingerprint density at radius 3 is 2.87 bits per heavy atom. The maximum Gasteiger partial charge on any atom is 0.183 e. The van der Waals surface area contributed by atoms with Crippen LogP contribution < -0.4 is 10.4 Å². The molecule has 122 valence electrons. The van der Waals surface area contributed by atoms with E-state index >= 15 is 0 Å². The Morgan fingerprint density at radius 1 is 1.43 bits per heavy atom. The summed E-state index contributed by atoms with van der Waals surface area (Å²) in [6, 6.07) is 7.92. The van der Waals surface area contributed by atoms with Gasteiger partial charge in [0, 0.05) is 36.0 Å². The Labute approximate surface area is 139 Å². The fourth-order valence-electron chi connectivity index (χ4n) is 2.62. The monoisotopic (exact) mass is 331 g/mol. The molecule has 0 unspecified atom stereocenters. The van der Waals surface area contributed by atoms with E-state index in [0.29, 0.717) is 17.1 Å². The lowest BCUT2D eigenvalue weighted by Gasteiger charge is -2.09. The number of carbonyl (C=O) groups is 1. The Hall–Kier alpha value is -1.92. The van der Waals surface area contributed by atoms with Gasteiger partial charge in [0.1, 0.15) is 0 Å². The maximum atomic E-state index is 11.0. The van der Waals surface area contributed by atoms with Crippen LogP contribution in [-0.4, -0.2) is 30.2 Å². The predicted octanol–water partition coefficient (Wildman–Crippen LogP) is 2.00. The van der Waals surface area contributed by atoms with E-state index in [1.54, 1.807) is 0 Å². The van der Waals surface area contributed by atoms with Crippen molar-refractivity contribution in [1.29, 1.82) is 0 Å². The molecule has 0 saturated carbocycles. The smallest absolute Gasteiger partial charge is 0.183 e. The quantitative estimate of drug-likeness (QED) is 0.876. The third kappa shape index (κ3) is 4.09. The van der Waals surface area contributed by atoms with E-state index < -0.39 is 5.97 Å². The number of nitrogens with zero attached hydrogens (tertiary/aromatic N) is 1. The molecule has 1 saturated heterocycles. The number of aliphatic carboxylic acids is 1. The van der Waals surface area contributed by atoms with Gasteiger partial charge >= 0.3 is 0 Å². The second-order valence-electron chi connectivity index (χ2n) is 5.72. The third-order valence-electron chi connectivity index (χ3n) is 3.83. The van der Waals surface area contributed by atoms with Crippen LogP contribution in [0, 0.1) is 6.92 Å². The van der Waals surface area contributed by atoms with Gasteiger partial charge in [-0.3, -0.25) is 0 Å². The summed E-state index contributed by atoms with van der Waals surface area (Å²) < 4.78 is 5.58. The number of anilines is 1. The molecular formula is C17H19N2O3S-. The van der Waals surface area contributed by atoms with Crippen LogP contribution in [0.4, 0.5) is 5.13 Å². The maximum absolute atomic E-state index is 11.0. The first-order valence-electron chi connectivity index (χ1n) is 7.74. The minimum atomic E-state index is -1.09. The zero-order valence-corrected chi connectivity index (χ0v) is 13.8. The van der Waals surface area contributed by atoms with Gasteiger partial charge in [-0.25, -0.2) is 4.98 Å². The summed E-state index contributed by atoms with van der Waals surface area (Å²) in [5.41, 5.74) is 2.80. The molecule has 3 rings (SSSR count). The number of benzene rings is 1.